The van der Waals surface area contributed by atoms with Crippen LogP contribution in [0.1, 0.15) is 17.0 Å². The lowest BCUT2D eigenvalue weighted by molar-refractivity contribution is -0.129. The molecule has 0 atom stereocenters. The number of nitrogens with zero attached hydrogens (tertiary/aromatic N) is 4. The van der Waals surface area contributed by atoms with E-state index in [0.717, 1.165) is 28.9 Å². The summed E-state index contributed by atoms with van der Waals surface area (Å²) in [5.41, 5.74) is 5.43. The molecular weight excluding hydrogens is 446 g/mol. The van der Waals surface area contributed by atoms with Gasteiger partial charge in [-0.1, -0.05) is 48.2 Å². The molecule has 0 aliphatic carbocycles. The van der Waals surface area contributed by atoms with Crippen molar-refractivity contribution in [3.8, 4) is 17.1 Å². The van der Waals surface area contributed by atoms with Gasteiger partial charge in [0.25, 0.3) is 0 Å². The number of thioether (sulfide) groups is 1. The maximum Gasteiger partial charge on any atom is 0.233 e. The van der Waals surface area contributed by atoms with Gasteiger partial charge in [0.2, 0.25) is 5.91 Å². The summed E-state index contributed by atoms with van der Waals surface area (Å²) in [6, 6.07) is 20.1. The zero-order valence-corrected chi connectivity index (χ0v) is 19.5. The first-order valence-corrected chi connectivity index (χ1v) is 12.2. The number of rotatable bonds is 5. The van der Waals surface area contributed by atoms with Gasteiger partial charge >= 0.3 is 0 Å². The largest absolute Gasteiger partial charge is 0.469 e. The summed E-state index contributed by atoms with van der Waals surface area (Å²) in [7, 11) is 0. The molecule has 1 amide bonds. The van der Waals surface area contributed by atoms with E-state index in [1.54, 1.807) is 6.26 Å². The first-order chi connectivity index (χ1) is 16.7. The van der Waals surface area contributed by atoms with Crippen molar-refractivity contribution in [2.75, 3.05) is 12.3 Å². The van der Waals surface area contributed by atoms with Crippen molar-refractivity contribution in [1.29, 1.82) is 0 Å². The number of aryl methyl sites for hydroxylation is 1. The molecule has 0 radical (unpaired) electrons. The molecule has 8 heteroatoms. The van der Waals surface area contributed by atoms with Crippen LogP contribution in [0.15, 0.2) is 76.5 Å². The van der Waals surface area contributed by atoms with Crippen molar-refractivity contribution in [2.24, 2.45) is 0 Å². The average molecular weight is 470 g/mol. The number of carbonyl (C=O) groups excluding carboxylic acids is 1. The van der Waals surface area contributed by atoms with Crippen LogP contribution < -0.4 is 0 Å². The first kappa shape index (κ1) is 20.8. The lowest BCUT2D eigenvalue weighted by atomic mass is 10.0. The molecule has 2 aromatic carbocycles. The minimum Gasteiger partial charge on any atom is -0.469 e. The highest BCUT2D eigenvalue weighted by molar-refractivity contribution is 7.99. The second-order valence-corrected chi connectivity index (χ2v) is 9.29. The Morgan fingerprint density at radius 3 is 2.74 bits per heavy atom. The maximum atomic E-state index is 13.2. The number of para-hydroxylation sites is 2. The number of aromatic nitrogens is 4. The number of hydrogen-bond donors (Lipinski definition) is 1. The fourth-order valence-corrected chi connectivity index (χ4v) is 5.42. The van der Waals surface area contributed by atoms with E-state index >= 15 is 0 Å². The van der Waals surface area contributed by atoms with Crippen LogP contribution >= 0.6 is 11.8 Å². The van der Waals surface area contributed by atoms with Gasteiger partial charge in [0, 0.05) is 47.4 Å². The van der Waals surface area contributed by atoms with Crippen molar-refractivity contribution in [3.05, 3.63) is 83.9 Å². The number of amides is 1. The monoisotopic (exact) mass is 469 g/mol. The van der Waals surface area contributed by atoms with Gasteiger partial charge < -0.3 is 14.3 Å². The van der Waals surface area contributed by atoms with Crippen LogP contribution in [0, 0.1) is 6.92 Å². The molecule has 34 heavy (non-hydrogen) atoms. The third-order valence-electron chi connectivity index (χ3n) is 6.31. The number of carbonyl (C=O) groups is 1. The van der Waals surface area contributed by atoms with Crippen LogP contribution in [0.2, 0.25) is 0 Å². The molecule has 7 nitrogen and oxygen atoms in total. The summed E-state index contributed by atoms with van der Waals surface area (Å²) in [6.07, 6.45) is 2.49. The molecule has 3 aromatic heterocycles. The molecular formula is C26H23N5O2S. The summed E-state index contributed by atoms with van der Waals surface area (Å²) in [6.45, 7) is 3.25. The molecule has 170 valence electrons. The third-order valence-corrected chi connectivity index (χ3v) is 7.22. The van der Waals surface area contributed by atoms with E-state index < -0.39 is 0 Å². The summed E-state index contributed by atoms with van der Waals surface area (Å²) >= 11 is 1.41. The van der Waals surface area contributed by atoms with Crippen molar-refractivity contribution < 1.29 is 9.21 Å². The number of benzene rings is 2. The summed E-state index contributed by atoms with van der Waals surface area (Å²) in [5, 5.41) is 10.8. The Balaban J connectivity index is 1.25. The molecule has 0 saturated heterocycles. The lowest BCUT2D eigenvalue weighted by Gasteiger charge is -2.27. The van der Waals surface area contributed by atoms with Gasteiger partial charge in [-0.2, -0.15) is 0 Å². The van der Waals surface area contributed by atoms with E-state index in [1.165, 1.54) is 28.4 Å². The normalized spacial score (nSPS) is 13.4. The molecule has 1 aliphatic heterocycles. The quantitative estimate of drug-likeness (QED) is 0.367. The molecule has 5 aromatic rings. The van der Waals surface area contributed by atoms with Crippen LogP contribution in [0.25, 0.3) is 28.0 Å². The standard InChI is InChI=1S/C26H23N5O2S/c1-17-19(12-14-33-17)25-28-29-26(31(25)18-7-3-2-4-8-18)34-16-24(32)30-13-11-23-21(15-30)20-9-5-6-10-22(20)27-23/h2-10,12,14,27H,11,13,15-16H2,1H3. The molecule has 0 spiro atoms. The Kier molecular flexibility index (Phi) is 5.22. The molecule has 6 rings (SSSR count). The average Bonchev–Trinajstić information content (AvgIpc) is 3.58. The minimum absolute atomic E-state index is 0.101. The molecule has 0 fully saturated rings. The Morgan fingerprint density at radius 2 is 1.91 bits per heavy atom. The highest BCUT2D eigenvalue weighted by Gasteiger charge is 2.25. The van der Waals surface area contributed by atoms with Crippen molar-refractivity contribution in [1.82, 2.24) is 24.6 Å². The molecule has 1 aliphatic rings. The predicted octanol–water partition coefficient (Wildman–Crippen LogP) is 4.99. The Hall–Kier alpha value is -3.78. The minimum atomic E-state index is 0.101. The summed E-state index contributed by atoms with van der Waals surface area (Å²) in [4.78, 5) is 18.7. The molecule has 0 saturated carbocycles. The Morgan fingerprint density at radius 1 is 1.09 bits per heavy atom. The SMILES string of the molecule is Cc1occc1-c1nnc(SCC(=O)N2CCc3[nH]c4ccccc4c3C2)n1-c1ccccc1. The van der Waals surface area contributed by atoms with Crippen molar-refractivity contribution in [2.45, 2.75) is 25.0 Å². The van der Waals surface area contributed by atoms with E-state index in [0.29, 0.717) is 29.8 Å². The number of nitrogens with one attached hydrogen (secondary N) is 1. The highest BCUT2D eigenvalue weighted by Crippen LogP contribution is 2.31. The second kappa shape index (κ2) is 8.53. The van der Waals surface area contributed by atoms with Gasteiger partial charge in [0.05, 0.1) is 17.6 Å². The summed E-state index contributed by atoms with van der Waals surface area (Å²) < 4.78 is 7.49. The number of H-pyrrole nitrogens is 1. The van der Waals surface area contributed by atoms with Gasteiger partial charge in [-0.25, -0.2) is 0 Å². The van der Waals surface area contributed by atoms with Gasteiger partial charge in [-0.3, -0.25) is 9.36 Å². The third kappa shape index (κ3) is 3.60. The number of furan rings is 1. The van der Waals surface area contributed by atoms with Crippen LogP contribution in [0.4, 0.5) is 0 Å². The van der Waals surface area contributed by atoms with E-state index in [9.17, 15) is 4.79 Å². The second-order valence-electron chi connectivity index (χ2n) is 8.35. The van der Waals surface area contributed by atoms with Crippen LogP contribution in [-0.4, -0.2) is 42.9 Å². The zero-order valence-electron chi connectivity index (χ0n) is 18.7. The predicted molar refractivity (Wildman–Crippen MR) is 132 cm³/mol. The molecule has 0 bridgehead atoms. The van der Waals surface area contributed by atoms with Gasteiger partial charge in [-0.15, -0.1) is 10.2 Å². The topological polar surface area (TPSA) is 80.0 Å². The van der Waals surface area contributed by atoms with Crippen LogP contribution in [-0.2, 0) is 17.8 Å². The van der Waals surface area contributed by atoms with Gasteiger partial charge in [0.1, 0.15) is 5.76 Å². The van der Waals surface area contributed by atoms with Crippen molar-refractivity contribution in [3.63, 3.8) is 0 Å². The van der Waals surface area contributed by atoms with E-state index in [1.807, 2.05) is 64.9 Å². The first-order valence-electron chi connectivity index (χ1n) is 11.2. The van der Waals surface area contributed by atoms with Gasteiger partial charge in [-0.05, 0) is 31.2 Å². The maximum absolute atomic E-state index is 13.2. The van der Waals surface area contributed by atoms with E-state index in [-0.39, 0.29) is 5.91 Å². The smallest absolute Gasteiger partial charge is 0.233 e. The van der Waals surface area contributed by atoms with Crippen molar-refractivity contribution >= 4 is 28.6 Å². The number of fused-ring (bicyclic) bond motifs is 3. The summed E-state index contributed by atoms with van der Waals surface area (Å²) in [5.74, 6) is 1.88. The highest BCUT2D eigenvalue weighted by atomic mass is 32.2. The Bertz CT molecular complexity index is 1480. The number of hydrogen-bond acceptors (Lipinski definition) is 5. The molecule has 1 N–H and O–H groups in total. The fraction of sp³-hybridized carbons (Fsp3) is 0.192. The van der Waals surface area contributed by atoms with Crippen LogP contribution in [0.3, 0.4) is 0 Å². The fourth-order valence-electron chi connectivity index (χ4n) is 4.56. The Labute approximate surface area is 200 Å². The van der Waals surface area contributed by atoms with E-state index in [2.05, 4.69) is 27.3 Å². The molecule has 4 heterocycles. The zero-order chi connectivity index (χ0) is 23.1. The van der Waals surface area contributed by atoms with Gasteiger partial charge in [0.15, 0.2) is 11.0 Å². The number of aromatic amines is 1. The van der Waals surface area contributed by atoms with Crippen LogP contribution in [0.5, 0.6) is 0 Å². The van der Waals surface area contributed by atoms with E-state index in [4.69, 9.17) is 4.42 Å². The molecule has 0 unspecified atom stereocenters. The lowest BCUT2D eigenvalue weighted by Crippen LogP contribution is -2.36.